The number of benzene rings is 2. The average Bonchev–Trinajstić information content (AvgIpc) is 3.23. The lowest BCUT2D eigenvalue weighted by molar-refractivity contribution is 0.172. The molecule has 120 valence electrons. The van der Waals surface area contributed by atoms with E-state index in [1.165, 1.54) is 0 Å². The van der Waals surface area contributed by atoms with Crippen LogP contribution in [-0.4, -0.2) is 19.7 Å². The lowest BCUT2D eigenvalue weighted by Gasteiger charge is -2.18. The Labute approximate surface area is 134 Å². The van der Waals surface area contributed by atoms with E-state index in [9.17, 15) is 0 Å². The van der Waals surface area contributed by atoms with Crippen molar-refractivity contribution in [2.24, 2.45) is 0 Å². The Morgan fingerprint density at radius 3 is 2.48 bits per heavy atom. The van der Waals surface area contributed by atoms with E-state index in [1.54, 1.807) is 0 Å². The van der Waals surface area contributed by atoms with Crippen LogP contribution in [0.25, 0.3) is 11.1 Å². The zero-order valence-corrected chi connectivity index (χ0v) is 13.1. The summed E-state index contributed by atoms with van der Waals surface area (Å²) in [5.74, 6) is 3.61. The van der Waals surface area contributed by atoms with E-state index < -0.39 is 0 Å². The Bertz CT molecular complexity index is 740. The monoisotopic (exact) mass is 314 g/mol. The minimum Gasteiger partial charge on any atom is -0.490 e. The molecule has 0 bridgehead atoms. The lowest BCUT2D eigenvalue weighted by Crippen LogP contribution is -2.10. The molecule has 0 fully saturated rings. The van der Waals surface area contributed by atoms with Gasteiger partial charge in [-0.2, -0.15) is 0 Å². The molecule has 0 spiro atoms. The zero-order chi connectivity index (χ0) is 15.8. The van der Waals surface area contributed by atoms with Crippen LogP contribution < -0.4 is 23.7 Å². The molecule has 2 aliphatic rings. The first-order valence-electron chi connectivity index (χ1n) is 7.76. The first-order chi connectivity index (χ1) is 11.3. The van der Waals surface area contributed by atoms with Crippen LogP contribution in [0.5, 0.6) is 28.7 Å². The Balaban J connectivity index is 1.90. The fourth-order valence-corrected chi connectivity index (χ4v) is 2.73. The quantitative estimate of drug-likeness (QED) is 0.854. The smallest absolute Gasteiger partial charge is 0.231 e. The van der Waals surface area contributed by atoms with E-state index in [2.05, 4.69) is 6.92 Å². The minimum absolute atomic E-state index is 0.100. The number of rotatable bonds is 4. The molecule has 2 aromatic carbocycles. The van der Waals surface area contributed by atoms with Gasteiger partial charge in [0.05, 0.1) is 11.7 Å². The summed E-state index contributed by atoms with van der Waals surface area (Å²) in [6.45, 7) is 4.57. The second-order valence-electron chi connectivity index (χ2n) is 5.55. The Morgan fingerprint density at radius 2 is 1.70 bits per heavy atom. The molecule has 0 aliphatic carbocycles. The molecular weight excluding hydrogens is 296 g/mol. The number of fused-ring (bicyclic) bond motifs is 2. The number of hydrogen-bond acceptors (Lipinski definition) is 5. The van der Waals surface area contributed by atoms with E-state index in [0.717, 1.165) is 29.0 Å². The summed E-state index contributed by atoms with van der Waals surface area (Å²) in [6.07, 6.45) is 1.02. The van der Waals surface area contributed by atoms with Crippen molar-refractivity contribution >= 4 is 0 Å². The summed E-state index contributed by atoms with van der Waals surface area (Å²) in [7, 11) is 0. The molecule has 5 heteroatoms. The van der Waals surface area contributed by atoms with E-state index in [0.29, 0.717) is 17.2 Å². The van der Waals surface area contributed by atoms with E-state index in [1.807, 2.05) is 37.3 Å². The predicted octanol–water partition coefficient (Wildman–Crippen LogP) is 3.99. The van der Waals surface area contributed by atoms with Crippen molar-refractivity contribution in [1.82, 2.24) is 0 Å². The van der Waals surface area contributed by atoms with Gasteiger partial charge in [-0.25, -0.2) is 0 Å². The highest BCUT2D eigenvalue weighted by atomic mass is 16.7. The van der Waals surface area contributed by atoms with Crippen LogP contribution in [0.2, 0.25) is 0 Å². The maximum atomic E-state index is 6.10. The van der Waals surface area contributed by atoms with Crippen molar-refractivity contribution in [3.05, 3.63) is 30.3 Å². The molecule has 2 heterocycles. The van der Waals surface area contributed by atoms with Gasteiger partial charge < -0.3 is 23.7 Å². The zero-order valence-electron chi connectivity index (χ0n) is 13.1. The molecule has 4 rings (SSSR count). The Morgan fingerprint density at radius 1 is 0.957 bits per heavy atom. The van der Waals surface area contributed by atoms with Gasteiger partial charge >= 0.3 is 0 Å². The van der Waals surface area contributed by atoms with Crippen LogP contribution in [0.4, 0.5) is 0 Å². The van der Waals surface area contributed by atoms with Gasteiger partial charge in [-0.3, -0.25) is 0 Å². The van der Waals surface area contributed by atoms with Crippen LogP contribution >= 0.6 is 0 Å². The fourth-order valence-electron chi connectivity index (χ4n) is 2.73. The predicted molar refractivity (Wildman–Crippen MR) is 84.5 cm³/mol. The lowest BCUT2D eigenvalue weighted by atomic mass is 10.0. The van der Waals surface area contributed by atoms with Crippen LogP contribution in [0.15, 0.2) is 30.3 Å². The van der Waals surface area contributed by atoms with Gasteiger partial charge in [-0.15, -0.1) is 0 Å². The highest BCUT2D eigenvalue weighted by Gasteiger charge is 2.28. The summed E-state index contributed by atoms with van der Waals surface area (Å²) in [4.78, 5) is 0. The van der Waals surface area contributed by atoms with Crippen LogP contribution in [0.3, 0.4) is 0 Å². The van der Waals surface area contributed by atoms with Crippen molar-refractivity contribution in [2.45, 2.75) is 26.4 Å². The standard InChI is InChI=1S/C18H18O5/c1-3-11(2)23-13-7-8-15-18(22-10-20-15)16(13)12-5-4-6-14-17(12)21-9-19-14/h4-8,11H,3,9-10H2,1-2H3. The van der Waals surface area contributed by atoms with Crippen LogP contribution in [0.1, 0.15) is 20.3 Å². The first kappa shape index (κ1) is 14.1. The Hall–Kier alpha value is -2.56. The van der Waals surface area contributed by atoms with Gasteiger partial charge in [0.25, 0.3) is 0 Å². The van der Waals surface area contributed by atoms with Crippen molar-refractivity contribution < 1.29 is 23.7 Å². The molecule has 2 aromatic rings. The maximum Gasteiger partial charge on any atom is 0.231 e. The number of hydrogen-bond donors (Lipinski definition) is 0. The largest absolute Gasteiger partial charge is 0.490 e. The SMILES string of the molecule is CCC(C)Oc1ccc2c(c1-c1cccc3c1OCO3)OCO2. The minimum atomic E-state index is 0.100. The third-order valence-electron chi connectivity index (χ3n) is 4.07. The summed E-state index contributed by atoms with van der Waals surface area (Å²) in [6, 6.07) is 9.61. The van der Waals surface area contributed by atoms with Crippen molar-refractivity contribution in [1.29, 1.82) is 0 Å². The molecule has 0 amide bonds. The topological polar surface area (TPSA) is 46.2 Å². The molecule has 0 saturated heterocycles. The van der Waals surface area contributed by atoms with Crippen LogP contribution in [-0.2, 0) is 0 Å². The average molecular weight is 314 g/mol. The Kier molecular flexibility index (Phi) is 3.41. The van der Waals surface area contributed by atoms with Gasteiger partial charge in [0.1, 0.15) is 5.75 Å². The van der Waals surface area contributed by atoms with Gasteiger partial charge in [0, 0.05) is 5.56 Å². The van der Waals surface area contributed by atoms with E-state index >= 15 is 0 Å². The maximum absolute atomic E-state index is 6.10. The third-order valence-corrected chi connectivity index (χ3v) is 4.07. The van der Waals surface area contributed by atoms with Crippen molar-refractivity contribution in [2.75, 3.05) is 13.6 Å². The molecule has 0 aromatic heterocycles. The molecule has 0 radical (unpaired) electrons. The number of ether oxygens (including phenoxy) is 5. The summed E-state index contributed by atoms with van der Waals surface area (Å²) in [5.41, 5.74) is 1.74. The molecule has 1 atom stereocenters. The van der Waals surface area contributed by atoms with Gasteiger partial charge in [-0.05, 0) is 31.5 Å². The molecule has 2 aliphatic heterocycles. The summed E-state index contributed by atoms with van der Waals surface area (Å²) in [5, 5.41) is 0. The van der Waals surface area contributed by atoms with Crippen LogP contribution in [0, 0.1) is 0 Å². The van der Waals surface area contributed by atoms with Crippen molar-refractivity contribution in [3.63, 3.8) is 0 Å². The second kappa shape index (κ2) is 5.57. The summed E-state index contributed by atoms with van der Waals surface area (Å²) < 4.78 is 28.5. The highest BCUT2D eigenvalue weighted by molar-refractivity contribution is 5.85. The first-order valence-corrected chi connectivity index (χ1v) is 7.76. The molecule has 1 unspecified atom stereocenters. The normalized spacial score (nSPS) is 15.6. The fraction of sp³-hybridized carbons (Fsp3) is 0.333. The molecule has 0 saturated carbocycles. The molecule has 5 nitrogen and oxygen atoms in total. The van der Waals surface area contributed by atoms with Gasteiger partial charge in [0.2, 0.25) is 13.6 Å². The van der Waals surface area contributed by atoms with Crippen molar-refractivity contribution in [3.8, 4) is 39.9 Å². The van der Waals surface area contributed by atoms with Gasteiger partial charge in [0.15, 0.2) is 23.0 Å². The van der Waals surface area contributed by atoms with Gasteiger partial charge in [-0.1, -0.05) is 19.1 Å². The van der Waals surface area contributed by atoms with E-state index in [-0.39, 0.29) is 19.7 Å². The second-order valence-corrected chi connectivity index (χ2v) is 5.55. The third kappa shape index (κ3) is 2.32. The summed E-state index contributed by atoms with van der Waals surface area (Å²) >= 11 is 0. The number of para-hydroxylation sites is 1. The molecule has 0 N–H and O–H groups in total. The molecular formula is C18H18O5. The highest BCUT2D eigenvalue weighted by Crippen LogP contribution is 2.52. The van der Waals surface area contributed by atoms with E-state index in [4.69, 9.17) is 23.7 Å². The molecule has 23 heavy (non-hydrogen) atoms.